The molecule has 1 heterocycles. The molecule has 0 aliphatic carbocycles. The summed E-state index contributed by atoms with van der Waals surface area (Å²) in [7, 11) is 0. The molecule has 0 radical (unpaired) electrons. The number of imide groups is 1. The van der Waals surface area contributed by atoms with Gasteiger partial charge in [0.2, 0.25) is 5.91 Å². The number of rotatable bonds is 3. The monoisotopic (exact) mass is 266 g/mol. The van der Waals surface area contributed by atoms with Crippen LogP contribution in [0, 0.1) is 0 Å². The summed E-state index contributed by atoms with van der Waals surface area (Å²) in [5, 5.41) is 1.12. The van der Waals surface area contributed by atoms with Gasteiger partial charge in [0.05, 0.1) is 11.6 Å². The van der Waals surface area contributed by atoms with Crippen molar-refractivity contribution >= 4 is 17.5 Å². The van der Waals surface area contributed by atoms with Gasteiger partial charge in [0, 0.05) is 6.42 Å². The minimum Gasteiger partial charge on any atom is -0.289 e. The Kier molecular flexibility index (Phi) is 3.21. The Balaban J connectivity index is 1.81. The van der Waals surface area contributed by atoms with Crippen molar-refractivity contribution in [2.45, 2.75) is 12.3 Å². The molecule has 1 fully saturated rings. The van der Waals surface area contributed by atoms with Crippen LogP contribution in [0.15, 0.2) is 60.7 Å². The number of carbonyl (C=O) groups is 2. The van der Waals surface area contributed by atoms with E-state index in [1.54, 1.807) is 0 Å². The van der Waals surface area contributed by atoms with Crippen LogP contribution in [0.3, 0.4) is 0 Å². The Morgan fingerprint density at radius 3 is 2.15 bits per heavy atom. The molecule has 0 aromatic heterocycles. The number of carbonyl (C=O) groups excluding carboxylic acids is 2. The number of benzene rings is 2. The van der Waals surface area contributed by atoms with Crippen LogP contribution >= 0.6 is 0 Å². The Hall–Kier alpha value is -2.62. The zero-order chi connectivity index (χ0) is 13.9. The van der Waals surface area contributed by atoms with Gasteiger partial charge in [0.15, 0.2) is 0 Å². The average molecular weight is 266 g/mol. The normalized spacial score (nSPS) is 18.4. The largest absolute Gasteiger partial charge is 0.289 e. The first kappa shape index (κ1) is 12.4. The fourth-order valence-corrected chi connectivity index (χ4v) is 2.34. The molecule has 2 amide bonds. The summed E-state index contributed by atoms with van der Waals surface area (Å²) < 4.78 is 0. The number of hydrogen-bond donors (Lipinski definition) is 1. The second kappa shape index (κ2) is 5.17. The van der Waals surface area contributed by atoms with Crippen LogP contribution < -0.4 is 5.43 Å². The predicted octanol–water partition coefficient (Wildman–Crippen LogP) is 2.56. The van der Waals surface area contributed by atoms with Crippen LogP contribution in [-0.4, -0.2) is 16.8 Å². The van der Waals surface area contributed by atoms with Crippen molar-refractivity contribution in [2.75, 3.05) is 5.43 Å². The molecule has 100 valence electrons. The Bertz CT molecular complexity index is 625. The molecule has 2 aromatic carbocycles. The van der Waals surface area contributed by atoms with E-state index in [1.165, 1.54) is 0 Å². The van der Waals surface area contributed by atoms with Crippen LogP contribution in [0.5, 0.6) is 0 Å². The van der Waals surface area contributed by atoms with E-state index in [0.717, 1.165) is 16.3 Å². The highest BCUT2D eigenvalue weighted by atomic mass is 16.2. The van der Waals surface area contributed by atoms with Crippen molar-refractivity contribution in [1.82, 2.24) is 5.01 Å². The van der Waals surface area contributed by atoms with Gasteiger partial charge in [0.25, 0.3) is 5.91 Å². The molecule has 0 unspecified atom stereocenters. The first-order chi connectivity index (χ1) is 9.75. The summed E-state index contributed by atoms with van der Waals surface area (Å²) in [6, 6.07) is 18.6. The highest BCUT2D eigenvalue weighted by molar-refractivity contribution is 6.07. The second-order valence-corrected chi connectivity index (χ2v) is 4.71. The van der Waals surface area contributed by atoms with Crippen molar-refractivity contribution < 1.29 is 9.59 Å². The molecular formula is C16H14N2O2. The fraction of sp³-hybridized carbons (Fsp3) is 0.125. The van der Waals surface area contributed by atoms with Crippen LogP contribution in [0.4, 0.5) is 5.69 Å². The summed E-state index contributed by atoms with van der Waals surface area (Å²) in [5.74, 6) is -0.794. The lowest BCUT2D eigenvalue weighted by molar-refractivity contribution is -0.137. The first-order valence-electron chi connectivity index (χ1n) is 6.49. The van der Waals surface area contributed by atoms with Crippen molar-refractivity contribution in [3.63, 3.8) is 0 Å². The highest BCUT2D eigenvalue weighted by Crippen LogP contribution is 2.29. The van der Waals surface area contributed by atoms with Crippen LogP contribution in [0.25, 0.3) is 0 Å². The molecule has 1 atom stereocenters. The number of anilines is 1. The Morgan fingerprint density at radius 2 is 1.50 bits per heavy atom. The summed E-state index contributed by atoms with van der Waals surface area (Å²) >= 11 is 0. The van der Waals surface area contributed by atoms with Crippen molar-refractivity contribution in [2.24, 2.45) is 0 Å². The number of hydrogen-bond acceptors (Lipinski definition) is 3. The second-order valence-electron chi connectivity index (χ2n) is 4.71. The van der Waals surface area contributed by atoms with Gasteiger partial charge in [-0.2, -0.15) is 5.01 Å². The van der Waals surface area contributed by atoms with Gasteiger partial charge in [0.1, 0.15) is 0 Å². The zero-order valence-electron chi connectivity index (χ0n) is 10.8. The maximum absolute atomic E-state index is 12.4. The summed E-state index contributed by atoms with van der Waals surface area (Å²) in [6.07, 6.45) is 0.211. The summed E-state index contributed by atoms with van der Waals surface area (Å²) in [5.41, 5.74) is 4.48. The fourth-order valence-electron chi connectivity index (χ4n) is 2.34. The zero-order valence-corrected chi connectivity index (χ0v) is 10.8. The summed E-state index contributed by atoms with van der Waals surface area (Å²) in [4.78, 5) is 24.4. The van der Waals surface area contributed by atoms with Crippen molar-refractivity contribution in [3.8, 4) is 0 Å². The Morgan fingerprint density at radius 1 is 0.900 bits per heavy atom. The maximum Gasteiger partial charge on any atom is 0.256 e. The van der Waals surface area contributed by atoms with Crippen LogP contribution in [0.1, 0.15) is 17.9 Å². The molecule has 1 aliphatic heterocycles. The number of hydrazine groups is 1. The van der Waals surface area contributed by atoms with Gasteiger partial charge >= 0.3 is 0 Å². The van der Waals surface area contributed by atoms with E-state index in [4.69, 9.17) is 0 Å². The van der Waals surface area contributed by atoms with Gasteiger partial charge < -0.3 is 0 Å². The van der Waals surface area contributed by atoms with Crippen LogP contribution in [-0.2, 0) is 9.59 Å². The number of para-hydroxylation sites is 1. The molecule has 0 saturated carbocycles. The predicted molar refractivity (Wildman–Crippen MR) is 75.7 cm³/mol. The molecule has 1 aliphatic rings. The van der Waals surface area contributed by atoms with Gasteiger partial charge in [-0.3, -0.25) is 15.0 Å². The van der Waals surface area contributed by atoms with E-state index in [0.29, 0.717) is 0 Å². The Labute approximate surface area is 117 Å². The summed E-state index contributed by atoms with van der Waals surface area (Å²) in [6.45, 7) is 0. The number of nitrogens with one attached hydrogen (secondary N) is 1. The highest BCUT2D eigenvalue weighted by Gasteiger charge is 2.39. The topological polar surface area (TPSA) is 49.4 Å². The average Bonchev–Trinajstić information content (AvgIpc) is 2.77. The molecule has 4 nitrogen and oxygen atoms in total. The maximum atomic E-state index is 12.4. The van der Waals surface area contributed by atoms with E-state index >= 15 is 0 Å². The van der Waals surface area contributed by atoms with E-state index in [2.05, 4.69) is 5.43 Å². The number of nitrogens with zero attached hydrogens (tertiary/aromatic N) is 1. The van der Waals surface area contributed by atoms with E-state index in [-0.39, 0.29) is 24.2 Å². The minimum atomic E-state index is -0.389. The smallest absolute Gasteiger partial charge is 0.256 e. The van der Waals surface area contributed by atoms with E-state index in [1.807, 2.05) is 60.7 Å². The standard InChI is InChI=1S/C16H14N2O2/c19-15-11-14(12-7-3-1-4-8-12)16(20)18(15)17-13-9-5-2-6-10-13/h1-10,14,17H,11H2/t14-/m1/s1. The molecule has 1 saturated heterocycles. The van der Waals surface area contributed by atoms with Crippen molar-refractivity contribution in [1.29, 1.82) is 0 Å². The van der Waals surface area contributed by atoms with Crippen LogP contribution in [0.2, 0.25) is 0 Å². The molecule has 20 heavy (non-hydrogen) atoms. The van der Waals surface area contributed by atoms with Gasteiger partial charge in [-0.05, 0) is 17.7 Å². The molecule has 4 heteroatoms. The third kappa shape index (κ3) is 2.28. The lowest BCUT2D eigenvalue weighted by Crippen LogP contribution is -2.35. The number of amides is 2. The molecule has 1 N–H and O–H groups in total. The third-order valence-electron chi connectivity index (χ3n) is 3.36. The quantitative estimate of drug-likeness (QED) is 0.869. The molecule has 2 aromatic rings. The SMILES string of the molecule is O=C1C[C@H](c2ccccc2)C(=O)N1Nc1ccccc1. The van der Waals surface area contributed by atoms with Gasteiger partial charge in [-0.1, -0.05) is 48.5 Å². The minimum absolute atomic E-state index is 0.201. The molecular weight excluding hydrogens is 252 g/mol. The van der Waals surface area contributed by atoms with E-state index < -0.39 is 0 Å². The lowest BCUT2D eigenvalue weighted by atomic mass is 9.98. The lowest BCUT2D eigenvalue weighted by Gasteiger charge is -2.17. The third-order valence-corrected chi connectivity index (χ3v) is 3.36. The van der Waals surface area contributed by atoms with Crippen molar-refractivity contribution in [3.05, 3.63) is 66.2 Å². The molecule has 0 spiro atoms. The van der Waals surface area contributed by atoms with Gasteiger partial charge in [-0.15, -0.1) is 0 Å². The van der Waals surface area contributed by atoms with E-state index in [9.17, 15) is 9.59 Å². The molecule has 3 rings (SSSR count). The first-order valence-corrected chi connectivity index (χ1v) is 6.49. The molecule has 0 bridgehead atoms. The van der Waals surface area contributed by atoms with Gasteiger partial charge in [-0.25, -0.2) is 0 Å².